The molecular weight excluding hydrogens is 280 g/mol. The molecule has 3 heteroatoms. The summed E-state index contributed by atoms with van der Waals surface area (Å²) >= 11 is 2.09. The molecule has 5 aliphatic rings. The van der Waals surface area contributed by atoms with E-state index in [-0.39, 0.29) is 11.8 Å². The van der Waals surface area contributed by atoms with E-state index in [1.54, 1.807) is 0 Å². The highest BCUT2D eigenvalue weighted by Gasteiger charge is 2.66. The van der Waals surface area contributed by atoms with Crippen LogP contribution in [0, 0.1) is 35.5 Å². The topological polar surface area (TPSA) is 34.1 Å². The normalized spacial score (nSPS) is 55.0. The Morgan fingerprint density at radius 3 is 1.57 bits per heavy atom. The first-order chi connectivity index (χ1) is 10.3. The zero-order chi connectivity index (χ0) is 14.1. The molecule has 5 fully saturated rings. The molecule has 0 spiro atoms. The van der Waals surface area contributed by atoms with Crippen LogP contribution >= 0.6 is 11.8 Å². The van der Waals surface area contributed by atoms with Crippen LogP contribution in [0.4, 0.5) is 0 Å². The minimum atomic E-state index is 0.117. The van der Waals surface area contributed by atoms with Gasteiger partial charge in [-0.1, -0.05) is 25.7 Å². The summed E-state index contributed by atoms with van der Waals surface area (Å²) < 4.78 is 0. The summed E-state index contributed by atoms with van der Waals surface area (Å²) in [5.41, 5.74) is 0. The molecule has 21 heavy (non-hydrogen) atoms. The highest BCUT2D eigenvalue weighted by molar-refractivity contribution is 8.01. The summed E-state index contributed by atoms with van der Waals surface area (Å²) in [7, 11) is 0. The number of carbonyl (C=O) groups excluding carboxylic acids is 2. The van der Waals surface area contributed by atoms with Crippen molar-refractivity contribution in [1.82, 2.24) is 0 Å². The van der Waals surface area contributed by atoms with Gasteiger partial charge in [0.25, 0.3) is 0 Å². The van der Waals surface area contributed by atoms with Gasteiger partial charge in [-0.2, -0.15) is 11.8 Å². The van der Waals surface area contributed by atoms with Crippen LogP contribution in [0.25, 0.3) is 0 Å². The summed E-state index contributed by atoms with van der Waals surface area (Å²) in [6.45, 7) is 0. The van der Waals surface area contributed by atoms with Crippen LogP contribution in [0.5, 0.6) is 0 Å². The van der Waals surface area contributed by atoms with E-state index in [0.29, 0.717) is 45.7 Å². The number of hydrogen-bond donors (Lipinski definition) is 0. The summed E-state index contributed by atoms with van der Waals surface area (Å²) in [5.74, 6) is 3.09. The average Bonchev–Trinajstić information content (AvgIpc) is 3.12. The molecule has 114 valence electrons. The van der Waals surface area contributed by atoms with E-state index in [4.69, 9.17) is 0 Å². The van der Waals surface area contributed by atoms with Crippen molar-refractivity contribution in [3.05, 3.63) is 0 Å². The molecule has 0 aromatic heterocycles. The molecule has 1 saturated heterocycles. The monoisotopic (exact) mass is 304 g/mol. The second-order valence-corrected chi connectivity index (χ2v) is 9.39. The van der Waals surface area contributed by atoms with Crippen molar-refractivity contribution in [1.29, 1.82) is 0 Å². The first kappa shape index (κ1) is 13.2. The first-order valence-electron chi connectivity index (χ1n) is 9.00. The van der Waals surface area contributed by atoms with Crippen molar-refractivity contribution in [2.75, 3.05) is 0 Å². The molecule has 0 aromatic rings. The summed E-state index contributed by atoms with van der Waals surface area (Å²) in [5, 5.41) is 1.01. The number of carbonyl (C=O) groups is 2. The van der Waals surface area contributed by atoms with E-state index in [1.807, 2.05) is 0 Å². The minimum Gasteiger partial charge on any atom is -0.299 e. The Kier molecular flexibility index (Phi) is 2.88. The maximum absolute atomic E-state index is 12.9. The molecule has 2 nitrogen and oxygen atoms in total. The quantitative estimate of drug-likeness (QED) is 0.687. The van der Waals surface area contributed by atoms with Crippen LogP contribution in [0.15, 0.2) is 0 Å². The first-order valence-corrected chi connectivity index (χ1v) is 9.94. The standard InChI is InChI=1S/C18H24O2S/c19-15-9-5-1-3-7-11(9)17-13(15)14-16(20)10-6-2-4-8-12(10)18(14)21-17/h9-14,17-18H,1-8H2. The van der Waals surface area contributed by atoms with Crippen LogP contribution in [0.3, 0.4) is 0 Å². The molecule has 0 bridgehead atoms. The molecule has 0 radical (unpaired) electrons. The van der Waals surface area contributed by atoms with Crippen molar-refractivity contribution in [3.8, 4) is 0 Å². The SMILES string of the molecule is O=C1C2CCCCC2C2SC3C4CCCCC4C(=O)C3C12. The summed E-state index contributed by atoms with van der Waals surface area (Å²) in [6, 6.07) is 0. The van der Waals surface area contributed by atoms with Crippen molar-refractivity contribution in [2.45, 2.75) is 61.9 Å². The van der Waals surface area contributed by atoms with Gasteiger partial charge in [0, 0.05) is 34.2 Å². The Bertz CT molecular complexity index is 457. The molecule has 5 rings (SSSR count). The number of ketones is 2. The molecule has 4 aliphatic carbocycles. The van der Waals surface area contributed by atoms with Gasteiger partial charge >= 0.3 is 0 Å². The van der Waals surface area contributed by atoms with Gasteiger partial charge in [-0.15, -0.1) is 0 Å². The predicted molar refractivity (Wildman–Crippen MR) is 83.1 cm³/mol. The third kappa shape index (κ3) is 1.62. The van der Waals surface area contributed by atoms with Crippen molar-refractivity contribution in [2.24, 2.45) is 35.5 Å². The van der Waals surface area contributed by atoms with Gasteiger partial charge in [0.05, 0.1) is 0 Å². The average molecular weight is 304 g/mol. The zero-order valence-electron chi connectivity index (χ0n) is 12.5. The Morgan fingerprint density at radius 2 is 1.10 bits per heavy atom. The Morgan fingerprint density at radius 1 is 0.667 bits per heavy atom. The van der Waals surface area contributed by atoms with Crippen LogP contribution < -0.4 is 0 Å². The summed E-state index contributed by atoms with van der Waals surface area (Å²) in [4.78, 5) is 25.9. The summed E-state index contributed by atoms with van der Waals surface area (Å²) in [6.07, 6.45) is 9.75. The van der Waals surface area contributed by atoms with E-state index in [2.05, 4.69) is 11.8 Å². The molecule has 0 amide bonds. The minimum absolute atomic E-state index is 0.117. The fourth-order valence-electron chi connectivity index (χ4n) is 6.48. The molecule has 8 atom stereocenters. The molecule has 4 saturated carbocycles. The molecule has 8 unspecified atom stereocenters. The lowest BCUT2D eigenvalue weighted by Crippen LogP contribution is -2.30. The number of thioether (sulfide) groups is 1. The van der Waals surface area contributed by atoms with Gasteiger partial charge in [-0.3, -0.25) is 9.59 Å². The molecule has 1 heterocycles. The van der Waals surface area contributed by atoms with Gasteiger partial charge in [-0.05, 0) is 37.5 Å². The van der Waals surface area contributed by atoms with Crippen LogP contribution in [-0.4, -0.2) is 22.1 Å². The van der Waals surface area contributed by atoms with Gasteiger partial charge < -0.3 is 0 Å². The number of Topliss-reactive ketones (excluding diaryl/α,β-unsaturated/α-hetero) is 2. The lowest BCUT2D eigenvalue weighted by molar-refractivity contribution is -0.132. The van der Waals surface area contributed by atoms with Crippen LogP contribution in [-0.2, 0) is 9.59 Å². The molecule has 0 N–H and O–H groups in total. The fraction of sp³-hybridized carbons (Fsp3) is 0.889. The molecule has 1 aliphatic heterocycles. The van der Waals surface area contributed by atoms with Crippen molar-refractivity contribution < 1.29 is 9.59 Å². The maximum Gasteiger partial charge on any atom is 0.141 e. The van der Waals surface area contributed by atoms with E-state index in [9.17, 15) is 9.59 Å². The predicted octanol–water partition coefficient (Wildman–Crippen LogP) is 3.48. The second-order valence-electron chi connectivity index (χ2n) is 8.03. The third-order valence-corrected chi connectivity index (χ3v) is 9.19. The van der Waals surface area contributed by atoms with E-state index in [0.717, 1.165) is 12.8 Å². The third-order valence-electron chi connectivity index (χ3n) is 7.28. The largest absolute Gasteiger partial charge is 0.299 e. The van der Waals surface area contributed by atoms with E-state index >= 15 is 0 Å². The second kappa shape index (κ2) is 4.59. The van der Waals surface area contributed by atoms with Gasteiger partial charge in [0.15, 0.2) is 0 Å². The highest BCUT2D eigenvalue weighted by Crippen LogP contribution is 2.64. The molecular formula is C18H24O2S. The lowest BCUT2D eigenvalue weighted by Gasteiger charge is -2.31. The van der Waals surface area contributed by atoms with Gasteiger partial charge in [-0.25, -0.2) is 0 Å². The molecule has 0 aromatic carbocycles. The Labute approximate surface area is 130 Å². The van der Waals surface area contributed by atoms with E-state index < -0.39 is 0 Å². The highest BCUT2D eigenvalue weighted by atomic mass is 32.2. The lowest BCUT2D eigenvalue weighted by atomic mass is 9.81. The van der Waals surface area contributed by atoms with E-state index in [1.165, 1.54) is 38.5 Å². The van der Waals surface area contributed by atoms with Crippen LogP contribution in [0.2, 0.25) is 0 Å². The van der Waals surface area contributed by atoms with Gasteiger partial charge in [0.2, 0.25) is 0 Å². The smallest absolute Gasteiger partial charge is 0.141 e. The Balaban J connectivity index is 1.50. The van der Waals surface area contributed by atoms with Crippen molar-refractivity contribution >= 4 is 23.3 Å². The fourth-order valence-corrected chi connectivity index (χ4v) is 8.84. The van der Waals surface area contributed by atoms with Gasteiger partial charge in [0.1, 0.15) is 11.6 Å². The zero-order valence-corrected chi connectivity index (χ0v) is 13.3. The number of hydrogen-bond acceptors (Lipinski definition) is 3. The van der Waals surface area contributed by atoms with Crippen LogP contribution in [0.1, 0.15) is 51.4 Å². The number of fused-ring (bicyclic) bond motifs is 7. The van der Waals surface area contributed by atoms with Crippen molar-refractivity contribution in [3.63, 3.8) is 0 Å². The number of rotatable bonds is 0. The maximum atomic E-state index is 12.9. The Hall–Kier alpha value is -0.310.